The van der Waals surface area contributed by atoms with Crippen molar-refractivity contribution in [3.63, 3.8) is 0 Å². The average molecular weight is 806 g/mol. The summed E-state index contributed by atoms with van der Waals surface area (Å²) in [5.41, 5.74) is 24.2. The van der Waals surface area contributed by atoms with E-state index < -0.39 is 91.7 Å². The number of nitrogens with two attached hydrogens (primary N) is 4. The van der Waals surface area contributed by atoms with Gasteiger partial charge in [0, 0.05) is 25.2 Å². The molecule has 1 aliphatic carbocycles. The van der Waals surface area contributed by atoms with Crippen molar-refractivity contribution >= 4 is 62.0 Å². The maximum absolute atomic E-state index is 11.2. The normalized spacial score (nSPS) is 39.4. The fourth-order valence-electron chi connectivity index (χ4n) is 6.05. The summed E-state index contributed by atoms with van der Waals surface area (Å²) in [5.74, 6) is 0. The van der Waals surface area contributed by atoms with Crippen LogP contribution in [-0.2, 0) is 18.9 Å². The fourth-order valence-corrected chi connectivity index (χ4v) is 6.05. The first-order valence-electron chi connectivity index (χ1n) is 15.9. The highest BCUT2D eigenvalue weighted by Gasteiger charge is 2.51. The molecule has 2 saturated heterocycles. The number of aliphatic hydroxyl groups is 6. The number of unbranched alkanes of at least 4 members (excludes halogenated alkanes) is 7. The van der Waals surface area contributed by atoms with Gasteiger partial charge < -0.3 is 77.8 Å². The van der Waals surface area contributed by atoms with Crippen LogP contribution in [0.25, 0.3) is 0 Å². The van der Waals surface area contributed by atoms with Gasteiger partial charge in [0.05, 0.1) is 12.1 Å². The topological polar surface area (TPSA) is 274 Å². The van der Waals surface area contributed by atoms with E-state index in [0.717, 1.165) is 19.4 Å². The summed E-state index contributed by atoms with van der Waals surface area (Å²) in [4.78, 5) is 0. The summed E-state index contributed by atoms with van der Waals surface area (Å²) in [6.45, 7) is 3.06. The lowest BCUT2D eigenvalue weighted by atomic mass is 9.84. The third-order valence-electron chi connectivity index (χ3n) is 8.85. The molecule has 15 atom stereocenters. The SMILES string of the molecule is CCCCCCCCCCNC[C@H]1O[C@H](O[C@@H]2[C@@H](O)[C@H](O[C@H]3O[C@H](CN)[C@@H](O)[C@H](O)[C@H]3O)[C@@H](N)C[C@H]2N)[C@H](O)[C@@H](N)[C@@H]1O.Cl.Cl.Cl.Cl.Cl. The Bertz CT molecular complexity index is 813. The molecule has 0 radical (unpaired) electrons. The Morgan fingerprint density at radius 1 is 0.604 bits per heavy atom. The van der Waals surface area contributed by atoms with Crippen LogP contribution in [0.15, 0.2) is 0 Å². The van der Waals surface area contributed by atoms with Crippen LogP contribution in [0.2, 0.25) is 0 Å². The highest BCUT2D eigenvalue weighted by atomic mass is 35.5. The lowest BCUT2D eigenvalue weighted by Crippen LogP contribution is -2.68. The molecule has 0 aromatic rings. The van der Waals surface area contributed by atoms with Gasteiger partial charge in [-0.25, -0.2) is 0 Å². The molecule has 3 aliphatic rings. The van der Waals surface area contributed by atoms with Crippen LogP contribution in [-0.4, -0.2) is 142 Å². The van der Waals surface area contributed by atoms with Gasteiger partial charge in [-0.05, 0) is 19.4 Å². The lowest BCUT2D eigenvalue weighted by molar-refractivity contribution is -0.330. The molecule has 3 rings (SSSR count). The number of halogens is 5. The highest BCUT2D eigenvalue weighted by molar-refractivity contribution is 5.86. The largest absolute Gasteiger partial charge is 0.389 e. The molecule has 2 aliphatic heterocycles. The van der Waals surface area contributed by atoms with Crippen molar-refractivity contribution in [3.8, 4) is 0 Å². The van der Waals surface area contributed by atoms with E-state index in [-0.39, 0.29) is 81.5 Å². The number of hydrogen-bond acceptors (Lipinski definition) is 15. The number of rotatable bonds is 16. The first-order chi connectivity index (χ1) is 20.5. The number of aliphatic hydroxyl groups excluding tert-OH is 6. The second kappa shape index (κ2) is 26.6. The molecule has 0 unspecified atom stereocenters. The first kappa shape index (κ1) is 53.2. The molecular formula is C28H62Cl5N5O10. The molecule has 0 aromatic carbocycles. The molecule has 15 nitrogen and oxygen atoms in total. The minimum absolute atomic E-state index is 0. The highest BCUT2D eigenvalue weighted by Crippen LogP contribution is 2.31. The quantitative estimate of drug-likeness (QED) is 0.0798. The number of nitrogens with one attached hydrogen (secondary N) is 1. The van der Waals surface area contributed by atoms with Gasteiger partial charge in [0.25, 0.3) is 0 Å². The molecule has 0 amide bonds. The fraction of sp³-hybridized carbons (Fsp3) is 1.00. The molecular weight excluding hydrogens is 744 g/mol. The zero-order valence-corrected chi connectivity index (χ0v) is 31.4. The van der Waals surface area contributed by atoms with Gasteiger partial charge in [0.15, 0.2) is 12.6 Å². The Morgan fingerprint density at radius 3 is 1.60 bits per heavy atom. The van der Waals surface area contributed by atoms with Crippen molar-refractivity contribution in [2.45, 2.75) is 156 Å². The molecule has 15 N–H and O–H groups in total. The van der Waals surface area contributed by atoms with Crippen molar-refractivity contribution in [3.05, 3.63) is 0 Å². The molecule has 3 fully saturated rings. The third kappa shape index (κ3) is 14.3. The van der Waals surface area contributed by atoms with Crippen molar-refractivity contribution in [1.82, 2.24) is 5.32 Å². The monoisotopic (exact) mass is 803 g/mol. The summed E-state index contributed by atoms with van der Waals surface area (Å²) in [6, 6.07) is -2.67. The average Bonchev–Trinajstić information content (AvgIpc) is 2.98. The van der Waals surface area contributed by atoms with Crippen molar-refractivity contribution in [2.24, 2.45) is 22.9 Å². The summed E-state index contributed by atoms with van der Waals surface area (Å²) in [7, 11) is 0. The summed E-state index contributed by atoms with van der Waals surface area (Å²) in [6.07, 6.45) is -5.89. The molecule has 0 bridgehead atoms. The zero-order chi connectivity index (χ0) is 31.7. The Balaban J connectivity index is -0.00000405. The second-order valence-corrected chi connectivity index (χ2v) is 12.3. The van der Waals surface area contributed by atoms with Crippen LogP contribution >= 0.6 is 62.0 Å². The van der Waals surface area contributed by atoms with E-state index in [9.17, 15) is 30.6 Å². The molecule has 48 heavy (non-hydrogen) atoms. The van der Waals surface area contributed by atoms with E-state index in [0.29, 0.717) is 0 Å². The van der Waals surface area contributed by atoms with Crippen LogP contribution in [0, 0.1) is 0 Å². The molecule has 2 heterocycles. The summed E-state index contributed by atoms with van der Waals surface area (Å²) in [5, 5.41) is 66.6. The molecule has 294 valence electrons. The Kier molecular flexibility index (Phi) is 29.5. The lowest BCUT2D eigenvalue weighted by Gasteiger charge is -2.48. The van der Waals surface area contributed by atoms with Gasteiger partial charge >= 0.3 is 0 Å². The van der Waals surface area contributed by atoms with Crippen molar-refractivity contribution in [1.29, 1.82) is 0 Å². The third-order valence-corrected chi connectivity index (χ3v) is 8.85. The van der Waals surface area contributed by atoms with Gasteiger partial charge in [-0.3, -0.25) is 0 Å². The number of ether oxygens (including phenoxy) is 4. The predicted octanol–water partition coefficient (Wildman–Crippen LogP) is -1.44. The van der Waals surface area contributed by atoms with E-state index in [1.807, 2.05) is 0 Å². The van der Waals surface area contributed by atoms with Crippen molar-refractivity contribution < 1.29 is 49.6 Å². The predicted molar refractivity (Wildman–Crippen MR) is 192 cm³/mol. The number of hydrogen-bond donors (Lipinski definition) is 11. The molecule has 0 aromatic heterocycles. The van der Waals surface area contributed by atoms with Gasteiger partial charge in [-0.15, -0.1) is 62.0 Å². The van der Waals surface area contributed by atoms with Gasteiger partial charge in [0.2, 0.25) is 0 Å². The van der Waals surface area contributed by atoms with E-state index in [2.05, 4.69) is 12.2 Å². The van der Waals surface area contributed by atoms with Crippen LogP contribution < -0.4 is 28.3 Å². The van der Waals surface area contributed by atoms with Gasteiger partial charge in [-0.2, -0.15) is 0 Å². The second-order valence-electron chi connectivity index (χ2n) is 12.3. The Hall–Kier alpha value is 0.850. The van der Waals surface area contributed by atoms with Crippen LogP contribution in [0.1, 0.15) is 64.7 Å². The van der Waals surface area contributed by atoms with E-state index in [1.54, 1.807) is 0 Å². The minimum atomic E-state index is -1.64. The van der Waals surface area contributed by atoms with Gasteiger partial charge in [0.1, 0.15) is 54.9 Å². The summed E-state index contributed by atoms with van der Waals surface area (Å²) >= 11 is 0. The van der Waals surface area contributed by atoms with Crippen LogP contribution in [0.3, 0.4) is 0 Å². The maximum Gasteiger partial charge on any atom is 0.187 e. The Labute approximate surface area is 314 Å². The van der Waals surface area contributed by atoms with E-state index >= 15 is 0 Å². The summed E-state index contributed by atoms with van der Waals surface area (Å²) < 4.78 is 23.2. The standard InChI is InChI=1S/C28H57N5O10.5ClH/c1-2-3-4-5-6-7-8-9-10-33-13-17-19(34)18(32)21(36)27(41-17)42-25-14(30)11-15(31)26(24(25)39)43-28-23(38)22(37)20(35)16(12-29)40-28;;;;;/h14-28,33-39H,2-13,29-32H2,1H3;5*1H/t14-,15+,16-,17-,18+,19-,20-,21-,22+,23-,24-,25+,26-,27-,28-;;;;;/m1...../s1. The zero-order valence-electron chi connectivity index (χ0n) is 27.3. The van der Waals surface area contributed by atoms with Crippen molar-refractivity contribution in [2.75, 3.05) is 19.6 Å². The van der Waals surface area contributed by atoms with Gasteiger partial charge in [-0.1, -0.05) is 51.9 Å². The molecule has 20 heteroatoms. The maximum atomic E-state index is 11.2. The van der Waals surface area contributed by atoms with Crippen LogP contribution in [0.5, 0.6) is 0 Å². The minimum Gasteiger partial charge on any atom is -0.389 e. The molecule has 1 saturated carbocycles. The smallest absolute Gasteiger partial charge is 0.187 e. The first-order valence-corrected chi connectivity index (χ1v) is 15.9. The van der Waals surface area contributed by atoms with Crippen LogP contribution in [0.4, 0.5) is 0 Å². The van der Waals surface area contributed by atoms with E-state index in [1.165, 1.54) is 38.5 Å². The van der Waals surface area contributed by atoms with E-state index in [4.69, 9.17) is 41.9 Å². The molecule has 0 spiro atoms. The Morgan fingerprint density at radius 2 is 1.08 bits per heavy atom.